The maximum atomic E-state index is 11.6. The Morgan fingerprint density at radius 1 is 0.818 bits per heavy atom. The van der Waals surface area contributed by atoms with Gasteiger partial charge in [-0.05, 0) is 36.1 Å². The van der Waals surface area contributed by atoms with E-state index in [1.807, 2.05) is 24.3 Å². The summed E-state index contributed by atoms with van der Waals surface area (Å²) in [5.41, 5.74) is 2.03. The van der Waals surface area contributed by atoms with Crippen molar-refractivity contribution >= 4 is 11.8 Å². The van der Waals surface area contributed by atoms with E-state index in [0.717, 1.165) is 11.1 Å². The molecule has 0 saturated carbocycles. The molecule has 6 heteroatoms. The molecule has 114 valence electrons. The molecular weight excluding hydrogens is 280 g/mol. The predicted molar refractivity (Wildman–Crippen MR) is 81.9 cm³/mol. The molecule has 0 aromatic carbocycles. The number of amides is 2. The molecule has 0 saturated heterocycles. The van der Waals surface area contributed by atoms with Gasteiger partial charge in [-0.2, -0.15) is 0 Å². The molecule has 0 aliphatic carbocycles. The Kier molecular flexibility index (Phi) is 6.04. The van der Waals surface area contributed by atoms with Crippen LogP contribution in [0.15, 0.2) is 49.1 Å². The summed E-state index contributed by atoms with van der Waals surface area (Å²) >= 11 is 0. The van der Waals surface area contributed by atoms with Gasteiger partial charge in [0.05, 0.1) is 0 Å². The zero-order valence-corrected chi connectivity index (χ0v) is 12.2. The van der Waals surface area contributed by atoms with Crippen LogP contribution in [0.2, 0.25) is 0 Å². The summed E-state index contributed by atoms with van der Waals surface area (Å²) in [7, 11) is 0. The Labute approximate surface area is 129 Å². The number of rotatable bonds is 6. The maximum absolute atomic E-state index is 11.6. The first-order chi connectivity index (χ1) is 10.8. The summed E-state index contributed by atoms with van der Waals surface area (Å²) in [6, 6.07) is 7.52. The van der Waals surface area contributed by atoms with Crippen molar-refractivity contribution in [3.8, 4) is 0 Å². The van der Waals surface area contributed by atoms with E-state index in [0.29, 0.717) is 25.9 Å². The van der Waals surface area contributed by atoms with Gasteiger partial charge in [0.15, 0.2) is 0 Å². The SMILES string of the molecule is O=C(NCCc1cccnc1)C(=O)NCCc1cccnc1. The molecule has 22 heavy (non-hydrogen) atoms. The first-order valence-electron chi connectivity index (χ1n) is 7.09. The minimum atomic E-state index is -0.616. The van der Waals surface area contributed by atoms with E-state index in [-0.39, 0.29) is 0 Å². The van der Waals surface area contributed by atoms with E-state index in [4.69, 9.17) is 0 Å². The van der Waals surface area contributed by atoms with Crippen LogP contribution in [0, 0.1) is 0 Å². The molecule has 0 bridgehead atoms. The average Bonchev–Trinajstić information content (AvgIpc) is 2.56. The highest BCUT2D eigenvalue weighted by Gasteiger charge is 2.11. The molecule has 2 heterocycles. The largest absolute Gasteiger partial charge is 0.348 e. The van der Waals surface area contributed by atoms with Gasteiger partial charge in [0, 0.05) is 37.9 Å². The average molecular weight is 298 g/mol. The Hall–Kier alpha value is -2.76. The first kappa shape index (κ1) is 15.6. The fraction of sp³-hybridized carbons (Fsp3) is 0.250. The molecule has 2 N–H and O–H groups in total. The number of hydrogen-bond acceptors (Lipinski definition) is 4. The molecule has 0 unspecified atom stereocenters. The standard InChI is InChI=1S/C16H18N4O2/c21-15(19-9-5-13-3-1-7-17-11-13)16(22)20-10-6-14-4-2-8-18-12-14/h1-4,7-8,11-12H,5-6,9-10H2,(H,19,21)(H,20,22). The molecule has 0 atom stereocenters. The van der Waals surface area contributed by atoms with E-state index >= 15 is 0 Å². The zero-order chi connectivity index (χ0) is 15.6. The van der Waals surface area contributed by atoms with E-state index in [1.165, 1.54) is 0 Å². The first-order valence-corrected chi connectivity index (χ1v) is 7.09. The Balaban J connectivity index is 1.63. The molecular formula is C16H18N4O2. The molecule has 0 radical (unpaired) electrons. The number of nitrogens with one attached hydrogen (secondary N) is 2. The minimum absolute atomic E-state index is 0.403. The van der Waals surface area contributed by atoms with E-state index in [2.05, 4.69) is 20.6 Å². The Bertz CT molecular complexity index is 547. The second-order valence-electron chi connectivity index (χ2n) is 4.73. The van der Waals surface area contributed by atoms with Crippen LogP contribution in [0.3, 0.4) is 0 Å². The lowest BCUT2D eigenvalue weighted by molar-refractivity contribution is -0.139. The minimum Gasteiger partial charge on any atom is -0.348 e. The lowest BCUT2D eigenvalue weighted by Crippen LogP contribution is -2.41. The molecule has 0 aliphatic rings. The third kappa shape index (κ3) is 5.32. The predicted octanol–water partition coefficient (Wildman–Crippen LogP) is 0.494. The van der Waals surface area contributed by atoms with Gasteiger partial charge >= 0.3 is 11.8 Å². The van der Waals surface area contributed by atoms with Gasteiger partial charge in [-0.1, -0.05) is 12.1 Å². The Morgan fingerprint density at radius 3 is 1.64 bits per heavy atom. The van der Waals surface area contributed by atoms with Gasteiger partial charge in [0.2, 0.25) is 0 Å². The lowest BCUT2D eigenvalue weighted by atomic mass is 10.2. The van der Waals surface area contributed by atoms with Gasteiger partial charge in [-0.3, -0.25) is 19.6 Å². The Morgan fingerprint density at radius 2 is 1.27 bits per heavy atom. The molecule has 0 fully saturated rings. The highest BCUT2D eigenvalue weighted by Crippen LogP contribution is 1.96. The van der Waals surface area contributed by atoms with Crippen molar-refractivity contribution in [2.75, 3.05) is 13.1 Å². The summed E-state index contributed by atoms with van der Waals surface area (Å²) in [4.78, 5) is 31.2. The highest BCUT2D eigenvalue weighted by molar-refractivity contribution is 6.35. The van der Waals surface area contributed by atoms with E-state index in [9.17, 15) is 9.59 Å². The quantitative estimate of drug-likeness (QED) is 0.760. The second kappa shape index (κ2) is 8.51. The van der Waals surface area contributed by atoms with Crippen molar-refractivity contribution in [1.82, 2.24) is 20.6 Å². The number of aromatic nitrogens is 2. The fourth-order valence-electron chi connectivity index (χ4n) is 1.89. The van der Waals surface area contributed by atoms with Crippen molar-refractivity contribution in [2.24, 2.45) is 0 Å². The summed E-state index contributed by atoms with van der Waals surface area (Å²) in [5.74, 6) is -1.23. The summed E-state index contributed by atoms with van der Waals surface area (Å²) in [6.07, 6.45) is 8.14. The number of pyridine rings is 2. The van der Waals surface area contributed by atoms with Gasteiger partial charge in [0.25, 0.3) is 0 Å². The molecule has 0 aliphatic heterocycles. The van der Waals surface area contributed by atoms with Crippen LogP contribution >= 0.6 is 0 Å². The number of carbonyl (C=O) groups is 2. The lowest BCUT2D eigenvalue weighted by Gasteiger charge is -2.06. The molecule has 0 spiro atoms. The van der Waals surface area contributed by atoms with Crippen LogP contribution in [0.5, 0.6) is 0 Å². The van der Waals surface area contributed by atoms with E-state index in [1.54, 1.807) is 24.8 Å². The van der Waals surface area contributed by atoms with Gasteiger partial charge in [0.1, 0.15) is 0 Å². The third-order valence-corrected chi connectivity index (χ3v) is 3.05. The number of hydrogen-bond donors (Lipinski definition) is 2. The van der Waals surface area contributed by atoms with E-state index < -0.39 is 11.8 Å². The van der Waals surface area contributed by atoms with Crippen LogP contribution in [-0.2, 0) is 22.4 Å². The van der Waals surface area contributed by atoms with Crippen LogP contribution < -0.4 is 10.6 Å². The van der Waals surface area contributed by atoms with Crippen LogP contribution in [0.25, 0.3) is 0 Å². The van der Waals surface area contributed by atoms with Crippen molar-refractivity contribution < 1.29 is 9.59 Å². The summed E-state index contributed by atoms with van der Waals surface area (Å²) < 4.78 is 0. The number of nitrogens with zero attached hydrogens (tertiary/aromatic N) is 2. The van der Waals surface area contributed by atoms with Crippen LogP contribution in [0.1, 0.15) is 11.1 Å². The third-order valence-electron chi connectivity index (χ3n) is 3.05. The highest BCUT2D eigenvalue weighted by atomic mass is 16.2. The van der Waals surface area contributed by atoms with Crippen molar-refractivity contribution in [2.45, 2.75) is 12.8 Å². The molecule has 6 nitrogen and oxygen atoms in total. The summed E-state index contributed by atoms with van der Waals surface area (Å²) in [5, 5.41) is 5.18. The topological polar surface area (TPSA) is 84.0 Å². The van der Waals surface area contributed by atoms with Crippen molar-refractivity contribution in [3.63, 3.8) is 0 Å². The van der Waals surface area contributed by atoms with Crippen LogP contribution in [-0.4, -0.2) is 34.9 Å². The second-order valence-corrected chi connectivity index (χ2v) is 4.73. The monoisotopic (exact) mass is 298 g/mol. The van der Waals surface area contributed by atoms with Gasteiger partial charge < -0.3 is 10.6 Å². The molecule has 2 aromatic heterocycles. The van der Waals surface area contributed by atoms with Crippen molar-refractivity contribution in [3.05, 3.63) is 60.2 Å². The van der Waals surface area contributed by atoms with Gasteiger partial charge in [-0.25, -0.2) is 0 Å². The maximum Gasteiger partial charge on any atom is 0.309 e. The summed E-state index contributed by atoms with van der Waals surface area (Å²) in [6.45, 7) is 0.807. The molecule has 2 aromatic rings. The van der Waals surface area contributed by atoms with Crippen LogP contribution in [0.4, 0.5) is 0 Å². The fourth-order valence-corrected chi connectivity index (χ4v) is 1.89. The normalized spacial score (nSPS) is 10.0. The van der Waals surface area contributed by atoms with Crippen molar-refractivity contribution in [1.29, 1.82) is 0 Å². The molecule has 2 amide bonds. The van der Waals surface area contributed by atoms with Gasteiger partial charge in [-0.15, -0.1) is 0 Å². The number of carbonyl (C=O) groups excluding carboxylic acids is 2. The zero-order valence-electron chi connectivity index (χ0n) is 12.2. The molecule has 2 rings (SSSR count). The smallest absolute Gasteiger partial charge is 0.309 e.